The zero-order valence-electron chi connectivity index (χ0n) is 9.49. The number of halogens is 1. The van der Waals surface area contributed by atoms with E-state index in [1.165, 1.54) is 18.7 Å². The van der Waals surface area contributed by atoms with E-state index < -0.39 is 0 Å². The fourth-order valence-corrected chi connectivity index (χ4v) is 2.54. The van der Waals surface area contributed by atoms with Gasteiger partial charge in [-0.1, -0.05) is 29.4 Å². The minimum atomic E-state index is 0.0166. The maximum atomic E-state index is 11.2. The molecule has 2 aromatic rings. The van der Waals surface area contributed by atoms with Gasteiger partial charge >= 0.3 is 0 Å². The van der Waals surface area contributed by atoms with Crippen LogP contribution < -0.4 is 0 Å². The van der Waals surface area contributed by atoms with Crippen LogP contribution in [0.2, 0.25) is 5.02 Å². The normalized spacial score (nSPS) is 10.5. The van der Waals surface area contributed by atoms with Gasteiger partial charge in [-0.15, -0.1) is 0 Å². The SMILES string of the molecule is CC(=O)c1ccc(Sc2ccoc2C)c(Cl)c1. The van der Waals surface area contributed by atoms with Crippen molar-refractivity contribution < 1.29 is 9.21 Å². The van der Waals surface area contributed by atoms with Crippen LogP contribution in [0.5, 0.6) is 0 Å². The Bertz CT molecular complexity index is 560. The predicted molar refractivity (Wildman–Crippen MR) is 69.0 cm³/mol. The topological polar surface area (TPSA) is 30.2 Å². The molecule has 1 aromatic carbocycles. The number of carbonyl (C=O) groups excluding carboxylic acids is 1. The molecule has 0 spiro atoms. The molecule has 17 heavy (non-hydrogen) atoms. The molecule has 0 N–H and O–H groups in total. The largest absolute Gasteiger partial charge is 0.468 e. The van der Waals surface area contributed by atoms with Crippen molar-refractivity contribution in [2.45, 2.75) is 23.6 Å². The summed E-state index contributed by atoms with van der Waals surface area (Å²) in [6.45, 7) is 3.43. The van der Waals surface area contributed by atoms with Gasteiger partial charge in [0.05, 0.1) is 16.2 Å². The van der Waals surface area contributed by atoms with Gasteiger partial charge < -0.3 is 4.42 Å². The van der Waals surface area contributed by atoms with Gasteiger partial charge in [0, 0.05) is 10.5 Å². The van der Waals surface area contributed by atoms with Crippen LogP contribution >= 0.6 is 23.4 Å². The minimum Gasteiger partial charge on any atom is -0.468 e. The summed E-state index contributed by atoms with van der Waals surface area (Å²) in [5, 5.41) is 0.586. The molecule has 0 amide bonds. The first-order valence-electron chi connectivity index (χ1n) is 5.10. The second kappa shape index (κ2) is 4.98. The smallest absolute Gasteiger partial charge is 0.159 e. The number of hydrogen-bond acceptors (Lipinski definition) is 3. The molecule has 0 radical (unpaired) electrons. The zero-order valence-corrected chi connectivity index (χ0v) is 11.1. The molecule has 2 nitrogen and oxygen atoms in total. The Morgan fingerprint density at radius 3 is 2.59 bits per heavy atom. The summed E-state index contributed by atoms with van der Waals surface area (Å²) in [5.41, 5.74) is 0.628. The van der Waals surface area contributed by atoms with Crippen LogP contribution in [0.15, 0.2) is 44.7 Å². The van der Waals surface area contributed by atoms with Crippen molar-refractivity contribution in [3.05, 3.63) is 46.9 Å². The van der Waals surface area contributed by atoms with E-state index in [4.69, 9.17) is 16.0 Å². The Balaban J connectivity index is 2.29. The average Bonchev–Trinajstić information content (AvgIpc) is 2.67. The highest BCUT2D eigenvalue weighted by molar-refractivity contribution is 7.99. The second-order valence-electron chi connectivity index (χ2n) is 3.64. The lowest BCUT2D eigenvalue weighted by Gasteiger charge is -2.04. The molecule has 0 bridgehead atoms. The molecular formula is C13H11ClO2S. The Hall–Kier alpha value is -1.19. The number of hydrogen-bond donors (Lipinski definition) is 0. The molecule has 0 unspecified atom stereocenters. The van der Waals surface area contributed by atoms with E-state index in [0.717, 1.165) is 15.6 Å². The van der Waals surface area contributed by atoms with Crippen LogP contribution in [0.25, 0.3) is 0 Å². The van der Waals surface area contributed by atoms with E-state index in [-0.39, 0.29) is 5.78 Å². The summed E-state index contributed by atoms with van der Waals surface area (Å²) in [5.74, 6) is 0.879. The third-order valence-corrected chi connectivity index (χ3v) is 4.01. The molecule has 0 aliphatic carbocycles. The Morgan fingerprint density at radius 2 is 2.06 bits per heavy atom. The number of rotatable bonds is 3. The molecule has 0 saturated carbocycles. The van der Waals surface area contributed by atoms with E-state index in [9.17, 15) is 4.79 Å². The Morgan fingerprint density at radius 1 is 1.29 bits per heavy atom. The first-order chi connectivity index (χ1) is 8.08. The number of ketones is 1. The molecule has 4 heteroatoms. The van der Waals surface area contributed by atoms with Crippen molar-refractivity contribution in [1.82, 2.24) is 0 Å². The van der Waals surface area contributed by atoms with Crippen molar-refractivity contribution in [3.63, 3.8) is 0 Å². The number of aryl methyl sites for hydroxylation is 1. The van der Waals surface area contributed by atoms with Gasteiger partial charge in [-0.3, -0.25) is 4.79 Å². The Labute approximate surface area is 109 Å². The summed E-state index contributed by atoms with van der Waals surface area (Å²) < 4.78 is 5.22. The molecule has 0 aliphatic heterocycles. The maximum absolute atomic E-state index is 11.2. The molecule has 0 aliphatic rings. The lowest BCUT2D eigenvalue weighted by atomic mass is 10.1. The minimum absolute atomic E-state index is 0.0166. The monoisotopic (exact) mass is 266 g/mol. The van der Waals surface area contributed by atoms with E-state index in [1.807, 2.05) is 19.1 Å². The van der Waals surface area contributed by atoms with Gasteiger partial charge in [0.15, 0.2) is 5.78 Å². The van der Waals surface area contributed by atoms with Crippen LogP contribution in [0.3, 0.4) is 0 Å². The predicted octanol–water partition coefficient (Wildman–Crippen LogP) is 4.60. The highest BCUT2D eigenvalue weighted by atomic mass is 35.5. The van der Waals surface area contributed by atoms with E-state index >= 15 is 0 Å². The van der Waals surface area contributed by atoms with Gasteiger partial charge in [0.1, 0.15) is 5.76 Å². The lowest BCUT2D eigenvalue weighted by molar-refractivity contribution is 0.101. The molecule has 88 valence electrons. The highest BCUT2D eigenvalue weighted by Gasteiger charge is 2.09. The number of Topliss-reactive ketones (excluding diaryl/α,β-unsaturated/α-hetero) is 1. The molecule has 1 heterocycles. The lowest BCUT2D eigenvalue weighted by Crippen LogP contribution is -1.91. The molecule has 1 aromatic heterocycles. The van der Waals surface area contributed by atoms with Gasteiger partial charge in [-0.25, -0.2) is 0 Å². The number of benzene rings is 1. The quantitative estimate of drug-likeness (QED) is 0.761. The fraction of sp³-hybridized carbons (Fsp3) is 0.154. The van der Waals surface area contributed by atoms with E-state index in [0.29, 0.717) is 10.6 Å². The first kappa shape index (κ1) is 12.3. The number of furan rings is 1. The third kappa shape index (κ3) is 2.73. The molecule has 2 rings (SSSR count). The fourth-order valence-electron chi connectivity index (χ4n) is 1.40. The van der Waals surface area contributed by atoms with E-state index in [2.05, 4.69) is 0 Å². The van der Waals surface area contributed by atoms with Crippen molar-refractivity contribution >= 4 is 29.1 Å². The second-order valence-corrected chi connectivity index (χ2v) is 5.14. The van der Waals surface area contributed by atoms with Gasteiger partial charge in [-0.2, -0.15) is 0 Å². The van der Waals surface area contributed by atoms with Gasteiger partial charge in [0.2, 0.25) is 0 Å². The maximum Gasteiger partial charge on any atom is 0.159 e. The summed E-state index contributed by atoms with van der Waals surface area (Å²) in [6, 6.07) is 7.24. The van der Waals surface area contributed by atoms with Crippen LogP contribution in [0.1, 0.15) is 23.0 Å². The number of carbonyl (C=O) groups is 1. The Kier molecular flexibility index (Phi) is 3.60. The highest BCUT2D eigenvalue weighted by Crippen LogP contribution is 2.35. The molecule has 0 fully saturated rings. The zero-order chi connectivity index (χ0) is 12.4. The summed E-state index contributed by atoms with van der Waals surface area (Å²) >= 11 is 7.67. The third-order valence-electron chi connectivity index (χ3n) is 2.37. The molecule has 0 atom stereocenters. The molecular weight excluding hydrogens is 256 g/mol. The van der Waals surface area contributed by atoms with Crippen LogP contribution in [0, 0.1) is 6.92 Å². The van der Waals surface area contributed by atoms with Crippen molar-refractivity contribution in [1.29, 1.82) is 0 Å². The van der Waals surface area contributed by atoms with E-state index in [1.54, 1.807) is 18.4 Å². The van der Waals surface area contributed by atoms with Crippen LogP contribution in [-0.4, -0.2) is 5.78 Å². The van der Waals surface area contributed by atoms with Crippen LogP contribution in [-0.2, 0) is 0 Å². The average molecular weight is 267 g/mol. The standard InChI is InChI=1S/C13H11ClO2S/c1-8(15)10-3-4-13(11(14)7-10)17-12-5-6-16-9(12)2/h3-7H,1-2H3. The van der Waals surface area contributed by atoms with Crippen molar-refractivity contribution in [2.24, 2.45) is 0 Å². The van der Waals surface area contributed by atoms with Crippen molar-refractivity contribution in [3.8, 4) is 0 Å². The molecule has 0 saturated heterocycles. The van der Waals surface area contributed by atoms with Crippen LogP contribution in [0.4, 0.5) is 0 Å². The summed E-state index contributed by atoms with van der Waals surface area (Å²) in [4.78, 5) is 13.1. The van der Waals surface area contributed by atoms with Crippen molar-refractivity contribution in [2.75, 3.05) is 0 Å². The van der Waals surface area contributed by atoms with Gasteiger partial charge in [0.25, 0.3) is 0 Å². The summed E-state index contributed by atoms with van der Waals surface area (Å²) in [6.07, 6.45) is 1.65. The van der Waals surface area contributed by atoms with Gasteiger partial charge in [-0.05, 0) is 32.0 Å². The summed E-state index contributed by atoms with van der Waals surface area (Å²) in [7, 11) is 0. The first-order valence-corrected chi connectivity index (χ1v) is 6.30.